The Bertz CT molecular complexity index is 835. The number of benzene rings is 1. The molecule has 1 aliphatic carbocycles. The molecular formula is C20H25N3O4S. The number of carbonyl (C=O) groups is 2. The molecule has 1 heterocycles. The number of aromatic nitrogens is 1. The van der Waals surface area contributed by atoms with Gasteiger partial charge in [0.05, 0.1) is 19.9 Å². The van der Waals surface area contributed by atoms with Crippen LogP contribution < -0.4 is 14.8 Å². The van der Waals surface area contributed by atoms with Crippen molar-refractivity contribution in [3.8, 4) is 11.5 Å². The summed E-state index contributed by atoms with van der Waals surface area (Å²) in [5.41, 5.74) is 1.33. The Kier molecular flexibility index (Phi) is 6.18. The van der Waals surface area contributed by atoms with E-state index >= 15 is 0 Å². The van der Waals surface area contributed by atoms with E-state index in [0.29, 0.717) is 34.7 Å². The average molecular weight is 404 g/mol. The molecule has 1 fully saturated rings. The Balaban J connectivity index is 1.75. The largest absolute Gasteiger partial charge is 0.497 e. The minimum atomic E-state index is -0.252. The normalized spacial score (nSPS) is 13.1. The number of anilines is 1. The van der Waals surface area contributed by atoms with Crippen molar-refractivity contribution in [2.24, 2.45) is 5.92 Å². The second kappa shape index (κ2) is 8.60. The zero-order chi connectivity index (χ0) is 20.3. The van der Waals surface area contributed by atoms with E-state index in [1.807, 2.05) is 13.8 Å². The SMILES string of the molecule is COc1cc(OC)cc(C(=O)N(CC(=O)Nc2nc(C)c(C)s2)CC2CC2)c1. The molecule has 0 unspecified atom stereocenters. The number of carbonyl (C=O) groups excluding carboxylic acids is 2. The highest BCUT2D eigenvalue weighted by Gasteiger charge is 2.29. The number of thiazole rings is 1. The lowest BCUT2D eigenvalue weighted by molar-refractivity contribution is -0.116. The molecule has 1 aromatic heterocycles. The van der Waals surface area contributed by atoms with E-state index in [0.717, 1.165) is 23.4 Å². The van der Waals surface area contributed by atoms with Gasteiger partial charge in [-0.15, -0.1) is 11.3 Å². The average Bonchev–Trinajstić information content (AvgIpc) is 3.44. The number of hydrogen-bond donors (Lipinski definition) is 1. The first-order valence-corrected chi connectivity index (χ1v) is 9.97. The summed E-state index contributed by atoms with van der Waals surface area (Å²) in [7, 11) is 3.08. The van der Waals surface area contributed by atoms with Gasteiger partial charge in [0.1, 0.15) is 18.0 Å². The van der Waals surface area contributed by atoms with Gasteiger partial charge in [-0.2, -0.15) is 0 Å². The summed E-state index contributed by atoms with van der Waals surface area (Å²) in [6.45, 7) is 4.40. The molecule has 28 heavy (non-hydrogen) atoms. The van der Waals surface area contributed by atoms with Crippen LogP contribution in [-0.2, 0) is 4.79 Å². The maximum absolute atomic E-state index is 13.1. The van der Waals surface area contributed by atoms with Gasteiger partial charge >= 0.3 is 0 Å². The van der Waals surface area contributed by atoms with Gasteiger partial charge in [0.15, 0.2) is 5.13 Å². The molecule has 3 rings (SSSR count). The van der Waals surface area contributed by atoms with Crippen molar-refractivity contribution in [2.75, 3.05) is 32.6 Å². The molecule has 2 aromatic rings. The summed E-state index contributed by atoms with van der Waals surface area (Å²) in [5.74, 6) is 1.05. The fourth-order valence-electron chi connectivity index (χ4n) is 2.80. The van der Waals surface area contributed by atoms with Gasteiger partial charge < -0.3 is 19.7 Å². The first-order chi connectivity index (χ1) is 13.4. The second-order valence-electron chi connectivity index (χ2n) is 6.94. The van der Waals surface area contributed by atoms with Crippen molar-refractivity contribution in [1.29, 1.82) is 0 Å². The molecule has 2 amide bonds. The fraction of sp³-hybridized carbons (Fsp3) is 0.450. The lowest BCUT2D eigenvalue weighted by Gasteiger charge is -2.22. The summed E-state index contributed by atoms with van der Waals surface area (Å²) in [5, 5.41) is 3.36. The van der Waals surface area contributed by atoms with Crippen molar-refractivity contribution in [1.82, 2.24) is 9.88 Å². The first-order valence-electron chi connectivity index (χ1n) is 9.15. The van der Waals surface area contributed by atoms with Crippen LogP contribution >= 0.6 is 11.3 Å². The minimum absolute atomic E-state index is 0.0213. The molecule has 0 radical (unpaired) electrons. The zero-order valence-corrected chi connectivity index (χ0v) is 17.4. The lowest BCUT2D eigenvalue weighted by Crippen LogP contribution is -2.39. The second-order valence-corrected chi connectivity index (χ2v) is 8.14. The van der Waals surface area contributed by atoms with Gasteiger partial charge in [-0.1, -0.05) is 0 Å². The molecular weight excluding hydrogens is 378 g/mol. The van der Waals surface area contributed by atoms with E-state index in [-0.39, 0.29) is 18.4 Å². The van der Waals surface area contributed by atoms with E-state index in [2.05, 4.69) is 10.3 Å². The molecule has 0 atom stereocenters. The van der Waals surface area contributed by atoms with Crippen molar-refractivity contribution in [3.63, 3.8) is 0 Å². The summed E-state index contributed by atoms with van der Waals surface area (Å²) in [6, 6.07) is 5.04. The molecule has 0 aliphatic heterocycles. The van der Waals surface area contributed by atoms with Gasteiger partial charge in [-0.3, -0.25) is 9.59 Å². The summed E-state index contributed by atoms with van der Waals surface area (Å²) in [6.07, 6.45) is 2.16. The maximum Gasteiger partial charge on any atom is 0.254 e. The molecule has 1 saturated carbocycles. The van der Waals surface area contributed by atoms with E-state index in [1.54, 1.807) is 23.1 Å². The van der Waals surface area contributed by atoms with E-state index in [9.17, 15) is 9.59 Å². The number of ether oxygens (including phenoxy) is 2. The number of nitrogens with zero attached hydrogens (tertiary/aromatic N) is 2. The van der Waals surface area contributed by atoms with Gasteiger partial charge in [-0.05, 0) is 44.7 Å². The topological polar surface area (TPSA) is 80.8 Å². The van der Waals surface area contributed by atoms with Crippen LogP contribution in [0.1, 0.15) is 33.8 Å². The Morgan fingerprint density at radius 3 is 2.32 bits per heavy atom. The first kappa shape index (κ1) is 20.1. The minimum Gasteiger partial charge on any atom is -0.497 e. The fourth-order valence-corrected chi connectivity index (χ4v) is 3.63. The Hall–Kier alpha value is -2.61. The Morgan fingerprint density at radius 1 is 1.18 bits per heavy atom. The Morgan fingerprint density at radius 2 is 1.82 bits per heavy atom. The highest BCUT2D eigenvalue weighted by atomic mass is 32.1. The van der Waals surface area contributed by atoms with Crippen molar-refractivity contribution in [3.05, 3.63) is 34.3 Å². The molecule has 1 aromatic carbocycles. The third kappa shape index (κ3) is 5.01. The van der Waals surface area contributed by atoms with Crippen LogP contribution in [-0.4, -0.2) is 49.0 Å². The maximum atomic E-state index is 13.1. The predicted molar refractivity (Wildman–Crippen MR) is 108 cm³/mol. The van der Waals surface area contributed by atoms with Gasteiger partial charge in [0.2, 0.25) is 5.91 Å². The molecule has 0 bridgehead atoms. The van der Waals surface area contributed by atoms with E-state index in [4.69, 9.17) is 9.47 Å². The number of aryl methyl sites for hydroxylation is 2. The van der Waals surface area contributed by atoms with Crippen molar-refractivity contribution < 1.29 is 19.1 Å². The van der Waals surface area contributed by atoms with Crippen LogP contribution in [0.15, 0.2) is 18.2 Å². The highest BCUT2D eigenvalue weighted by Crippen LogP contribution is 2.31. The smallest absolute Gasteiger partial charge is 0.254 e. The molecule has 7 nitrogen and oxygen atoms in total. The van der Waals surface area contributed by atoms with E-state index in [1.165, 1.54) is 25.6 Å². The summed E-state index contributed by atoms with van der Waals surface area (Å²) >= 11 is 1.43. The molecule has 150 valence electrons. The standard InChI is InChI=1S/C20H25N3O4S/c1-12-13(2)28-20(21-12)22-18(24)11-23(10-14-5-6-14)19(25)15-7-16(26-3)9-17(8-15)27-4/h7-9,14H,5-6,10-11H2,1-4H3,(H,21,22,24). The third-order valence-corrected chi connectivity index (χ3v) is 5.66. The number of hydrogen-bond acceptors (Lipinski definition) is 6. The summed E-state index contributed by atoms with van der Waals surface area (Å²) in [4.78, 5) is 32.6. The van der Waals surface area contributed by atoms with Gasteiger partial charge in [0, 0.05) is 23.1 Å². The zero-order valence-electron chi connectivity index (χ0n) is 16.6. The molecule has 0 saturated heterocycles. The Labute approximate surface area is 168 Å². The van der Waals surface area contributed by atoms with Crippen LogP contribution in [0.3, 0.4) is 0 Å². The van der Waals surface area contributed by atoms with Crippen LogP contribution in [0, 0.1) is 19.8 Å². The molecule has 1 aliphatic rings. The number of amides is 2. The summed E-state index contributed by atoms with van der Waals surface area (Å²) < 4.78 is 10.5. The van der Waals surface area contributed by atoms with Crippen molar-refractivity contribution >= 4 is 28.3 Å². The number of rotatable bonds is 8. The van der Waals surface area contributed by atoms with E-state index < -0.39 is 0 Å². The molecule has 1 N–H and O–H groups in total. The van der Waals surface area contributed by atoms with Gasteiger partial charge in [0.25, 0.3) is 5.91 Å². The van der Waals surface area contributed by atoms with Crippen molar-refractivity contribution in [2.45, 2.75) is 26.7 Å². The van der Waals surface area contributed by atoms with Crippen LogP contribution in [0.2, 0.25) is 0 Å². The monoisotopic (exact) mass is 403 g/mol. The highest BCUT2D eigenvalue weighted by molar-refractivity contribution is 7.15. The molecule has 0 spiro atoms. The van der Waals surface area contributed by atoms with Crippen LogP contribution in [0.5, 0.6) is 11.5 Å². The quantitative estimate of drug-likeness (QED) is 0.732. The van der Waals surface area contributed by atoms with Crippen LogP contribution in [0.25, 0.3) is 0 Å². The lowest BCUT2D eigenvalue weighted by atomic mass is 10.1. The number of methoxy groups -OCH3 is 2. The third-order valence-electron chi connectivity index (χ3n) is 4.67. The van der Waals surface area contributed by atoms with Crippen LogP contribution in [0.4, 0.5) is 5.13 Å². The van der Waals surface area contributed by atoms with Gasteiger partial charge in [-0.25, -0.2) is 4.98 Å². The number of nitrogens with one attached hydrogen (secondary N) is 1. The predicted octanol–water partition coefficient (Wildman–Crippen LogP) is 3.27. The molecule has 8 heteroatoms.